The highest BCUT2D eigenvalue weighted by molar-refractivity contribution is 7.15. The second-order valence-corrected chi connectivity index (χ2v) is 7.00. The fourth-order valence-corrected chi connectivity index (χ4v) is 3.47. The number of thiazole rings is 1. The molecule has 2 aliphatic rings. The smallest absolute Gasteiger partial charge is 0.236 e. The molecule has 0 radical (unpaired) electrons. The van der Waals surface area contributed by atoms with Crippen molar-refractivity contribution in [3.05, 3.63) is 11.1 Å². The molecular weight excluding hydrogens is 284 g/mol. The van der Waals surface area contributed by atoms with Gasteiger partial charge in [-0.3, -0.25) is 4.79 Å². The minimum Gasteiger partial charge on any atom is -0.345 e. The van der Waals surface area contributed by atoms with Crippen LogP contribution in [0.5, 0.6) is 0 Å². The molecule has 0 aromatic carbocycles. The fraction of sp³-hybridized carbons (Fsp3) is 0.733. The zero-order valence-electron chi connectivity index (χ0n) is 12.7. The quantitative estimate of drug-likeness (QED) is 0.862. The van der Waals surface area contributed by atoms with Gasteiger partial charge in [0.15, 0.2) is 5.13 Å². The minimum atomic E-state index is 0.240. The average Bonchev–Trinajstić information content (AvgIpc) is 3.21. The van der Waals surface area contributed by atoms with Gasteiger partial charge < -0.3 is 15.1 Å². The largest absolute Gasteiger partial charge is 0.345 e. The molecular formula is C15H24N4OS. The normalized spacial score (nSPS) is 19.1. The second-order valence-electron chi connectivity index (χ2n) is 5.90. The number of nitrogens with one attached hydrogen (secondary N) is 1. The van der Waals surface area contributed by atoms with Crippen molar-refractivity contribution in [2.75, 3.05) is 44.2 Å². The van der Waals surface area contributed by atoms with Crippen LogP contribution in [-0.4, -0.2) is 55.1 Å². The van der Waals surface area contributed by atoms with Crippen LogP contribution in [0.4, 0.5) is 5.13 Å². The first-order valence-corrected chi connectivity index (χ1v) is 8.76. The molecule has 1 aliphatic carbocycles. The lowest BCUT2D eigenvalue weighted by molar-refractivity contribution is -0.130. The van der Waals surface area contributed by atoms with E-state index in [4.69, 9.17) is 0 Å². The van der Waals surface area contributed by atoms with Gasteiger partial charge in [0.1, 0.15) is 0 Å². The number of hydrogen-bond acceptors (Lipinski definition) is 5. The fourth-order valence-electron chi connectivity index (χ4n) is 2.57. The third kappa shape index (κ3) is 3.95. The lowest BCUT2D eigenvalue weighted by Gasteiger charge is -2.34. The highest BCUT2D eigenvalue weighted by Crippen LogP contribution is 2.27. The van der Waals surface area contributed by atoms with E-state index in [1.165, 1.54) is 17.7 Å². The van der Waals surface area contributed by atoms with Gasteiger partial charge in [0.25, 0.3) is 0 Å². The number of anilines is 1. The molecule has 1 N–H and O–H groups in total. The van der Waals surface area contributed by atoms with Gasteiger partial charge in [0.05, 0.1) is 6.54 Å². The van der Waals surface area contributed by atoms with Crippen LogP contribution in [0.2, 0.25) is 0 Å². The molecule has 1 saturated carbocycles. The topological polar surface area (TPSA) is 48.5 Å². The van der Waals surface area contributed by atoms with Gasteiger partial charge in [-0.25, -0.2) is 4.98 Å². The highest BCUT2D eigenvalue weighted by atomic mass is 32.1. The van der Waals surface area contributed by atoms with E-state index in [1.807, 2.05) is 11.1 Å². The summed E-state index contributed by atoms with van der Waals surface area (Å²) >= 11 is 1.77. The average molecular weight is 308 g/mol. The zero-order chi connectivity index (χ0) is 14.7. The molecule has 1 aromatic heterocycles. The molecule has 0 bridgehead atoms. The van der Waals surface area contributed by atoms with Crippen molar-refractivity contribution >= 4 is 22.4 Å². The van der Waals surface area contributed by atoms with Crippen molar-refractivity contribution in [3.63, 3.8) is 0 Å². The second kappa shape index (κ2) is 6.75. The Bertz CT molecular complexity index is 478. The molecule has 116 valence electrons. The molecule has 2 heterocycles. The van der Waals surface area contributed by atoms with Crippen molar-refractivity contribution in [1.82, 2.24) is 15.2 Å². The summed E-state index contributed by atoms with van der Waals surface area (Å²) in [6, 6.07) is 0. The van der Waals surface area contributed by atoms with Crippen LogP contribution in [0.1, 0.15) is 24.6 Å². The summed E-state index contributed by atoms with van der Waals surface area (Å²) in [5, 5.41) is 4.39. The maximum atomic E-state index is 12.1. The van der Waals surface area contributed by atoms with Gasteiger partial charge in [-0.05, 0) is 31.7 Å². The third-order valence-corrected chi connectivity index (χ3v) is 5.40. The van der Waals surface area contributed by atoms with Crippen LogP contribution >= 0.6 is 11.3 Å². The van der Waals surface area contributed by atoms with Crippen molar-refractivity contribution in [2.45, 2.75) is 26.2 Å². The standard InChI is InChI=1S/C15H24N4OS/c1-2-13-10-17-15(21-13)19-7-5-18(6-8-19)14(20)11-16-9-12-3-4-12/h10,12,16H,2-9,11H2,1H3. The Morgan fingerprint density at radius 3 is 2.76 bits per heavy atom. The van der Waals surface area contributed by atoms with Gasteiger partial charge in [-0.1, -0.05) is 6.92 Å². The molecule has 0 atom stereocenters. The Hall–Kier alpha value is -1.14. The van der Waals surface area contributed by atoms with E-state index >= 15 is 0 Å². The van der Waals surface area contributed by atoms with E-state index in [0.717, 1.165) is 50.2 Å². The Morgan fingerprint density at radius 1 is 1.38 bits per heavy atom. The number of carbonyl (C=O) groups is 1. The van der Waals surface area contributed by atoms with Crippen LogP contribution in [0.15, 0.2) is 6.20 Å². The number of aryl methyl sites for hydroxylation is 1. The Morgan fingerprint density at radius 2 is 2.14 bits per heavy atom. The SMILES string of the molecule is CCc1cnc(N2CCN(C(=O)CNCC3CC3)CC2)s1. The summed E-state index contributed by atoms with van der Waals surface area (Å²) in [7, 11) is 0. The van der Waals surface area contributed by atoms with Crippen LogP contribution in [-0.2, 0) is 11.2 Å². The number of aromatic nitrogens is 1. The Kier molecular flexibility index (Phi) is 4.75. The van der Waals surface area contributed by atoms with E-state index in [1.54, 1.807) is 11.3 Å². The van der Waals surface area contributed by atoms with E-state index in [2.05, 4.69) is 22.1 Å². The van der Waals surface area contributed by atoms with Gasteiger partial charge in [0, 0.05) is 37.3 Å². The van der Waals surface area contributed by atoms with E-state index < -0.39 is 0 Å². The summed E-state index contributed by atoms with van der Waals surface area (Å²) in [6.45, 7) is 7.06. The number of piperazine rings is 1. The van der Waals surface area contributed by atoms with Gasteiger partial charge in [-0.15, -0.1) is 11.3 Å². The molecule has 0 spiro atoms. The summed E-state index contributed by atoms with van der Waals surface area (Å²) in [6.07, 6.45) is 5.67. The van der Waals surface area contributed by atoms with E-state index in [0.29, 0.717) is 6.54 Å². The van der Waals surface area contributed by atoms with Crippen LogP contribution in [0.25, 0.3) is 0 Å². The maximum absolute atomic E-state index is 12.1. The minimum absolute atomic E-state index is 0.240. The summed E-state index contributed by atoms with van der Waals surface area (Å²) < 4.78 is 0. The first kappa shape index (κ1) is 14.8. The van der Waals surface area contributed by atoms with Crippen LogP contribution in [0.3, 0.4) is 0 Å². The lowest BCUT2D eigenvalue weighted by Crippen LogP contribution is -2.51. The van der Waals surface area contributed by atoms with Gasteiger partial charge in [0.2, 0.25) is 5.91 Å². The number of amides is 1. The molecule has 0 unspecified atom stereocenters. The predicted octanol–water partition coefficient (Wildman–Crippen LogP) is 1.35. The molecule has 1 aliphatic heterocycles. The van der Waals surface area contributed by atoms with E-state index in [9.17, 15) is 4.79 Å². The highest BCUT2D eigenvalue weighted by Gasteiger charge is 2.24. The Labute approximate surface area is 130 Å². The van der Waals surface area contributed by atoms with Crippen molar-refractivity contribution in [3.8, 4) is 0 Å². The number of nitrogens with zero attached hydrogens (tertiary/aromatic N) is 3. The maximum Gasteiger partial charge on any atom is 0.236 e. The summed E-state index contributed by atoms with van der Waals surface area (Å²) in [5.41, 5.74) is 0. The van der Waals surface area contributed by atoms with Gasteiger partial charge >= 0.3 is 0 Å². The van der Waals surface area contributed by atoms with Gasteiger partial charge in [-0.2, -0.15) is 0 Å². The third-order valence-electron chi connectivity index (χ3n) is 4.20. The molecule has 21 heavy (non-hydrogen) atoms. The van der Waals surface area contributed by atoms with E-state index in [-0.39, 0.29) is 5.91 Å². The van der Waals surface area contributed by atoms with Crippen molar-refractivity contribution < 1.29 is 4.79 Å². The monoisotopic (exact) mass is 308 g/mol. The molecule has 5 nitrogen and oxygen atoms in total. The molecule has 3 rings (SSSR count). The lowest BCUT2D eigenvalue weighted by atomic mass is 10.3. The summed E-state index contributed by atoms with van der Waals surface area (Å²) in [5.74, 6) is 1.07. The predicted molar refractivity (Wildman–Crippen MR) is 85.9 cm³/mol. The molecule has 1 saturated heterocycles. The van der Waals surface area contributed by atoms with Crippen molar-refractivity contribution in [1.29, 1.82) is 0 Å². The first-order valence-electron chi connectivity index (χ1n) is 7.94. The molecule has 1 aromatic rings. The first-order chi connectivity index (χ1) is 10.3. The van der Waals surface area contributed by atoms with Crippen LogP contribution in [0, 0.1) is 5.92 Å². The molecule has 1 amide bonds. The zero-order valence-corrected chi connectivity index (χ0v) is 13.5. The molecule has 6 heteroatoms. The Balaban J connectivity index is 1.42. The number of hydrogen-bond donors (Lipinski definition) is 1. The van der Waals surface area contributed by atoms with Crippen molar-refractivity contribution in [2.24, 2.45) is 5.92 Å². The number of rotatable bonds is 6. The summed E-state index contributed by atoms with van der Waals surface area (Å²) in [4.78, 5) is 22.2. The molecule has 2 fully saturated rings. The number of carbonyl (C=O) groups excluding carboxylic acids is 1. The van der Waals surface area contributed by atoms with Crippen LogP contribution < -0.4 is 10.2 Å².